The van der Waals surface area contributed by atoms with Crippen LogP contribution in [0.1, 0.15) is 6.92 Å². The van der Waals surface area contributed by atoms with Gasteiger partial charge in [-0.1, -0.05) is 0 Å². The van der Waals surface area contributed by atoms with Gasteiger partial charge in [-0.05, 0) is 19.1 Å². The number of alkyl halides is 2. The summed E-state index contributed by atoms with van der Waals surface area (Å²) in [7, 11) is 0. The van der Waals surface area contributed by atoms with Gasteiger partial charge in [0.15, 0.2) is 11.6 Å². The highest BCUT2D eigenvalue weighted by atomic mass is 19.3. The van der Waals surface area contributed by atoms with Crippen LogP contribution in [0, 0.1) is 0 Å². The third-order valence-electron chi connectivity index (χ3n) is 2.06. The smallest absolute Gasteiger partial charge is 0.421 e. The topological polar surface area (TPSA) is 42.4 Å². The van der Waals surface area contributed by atoms with Gasteiger partial charge in [0.2, 0.25) is 0 Å². The fraction of sp³-hybridized carbons (Fsp3) is 0.333. The van der Waals surface area contributed by atoms with Crippen molar-refractivity contribution in [1.29, 1.82) is 0 Å². The lowest BCUT2D eigenvalue weighted by atomic mass is 10.3. The molecule has 0 saturated heterocycles. The number of hydrogen-bond acceptors (Lipinski definition) is 3. The molecular formula is C9H8F2N2O2. The normalized spacial score (nSPS) is 18.3. The Morgan fingerprint density at radius 2 is 2.33 bits per heavy atom. The van der Waals surface area contributed by atoms with E-state index < -0.39 is 12.0 Å². The molecule has 1 amide bonds. The molecule has 0 fully saturated rings. The van der Waals surface area contributed by atoms with Crippen molar-refractivity contribution in [3.63, 3.8) is 0 Å². The number of nitrogens with zero attached hydrogens (tertiary/aromatic N) is 2. The zero-order valence-electron chi connectivity index (χ0n) is 7.91. The van der Waals surface area contributed by atoms with E-state index in [0.29, 0.717) is 0 Å². The van der Waals surface area contributed by atoms with Gasteiger partial charge < -0.3 is 4.74 Å². The SMILES string of the molecule is CCN1C(=O)C(F)(F)Oc2cccnc21. The molecule has 1 aliphatic rings. The van der Waals surface area contributed by atoms with Crippen LogP contribution in [0.15, 0.2) is 18.3 Å². The Morgan fingerprint density at radius 1 is 1.60 bits per heavy atom. The first kappa shape index (κ1) is 9.82. The minimum atomic E-state index is -3.80. The maximum Gasteiger partial charge on any atom is 0.483 e. The standard InChI is InChI=1S/C9H8F2N2O2/c1-2-13-7-6(4-3-5-12-7)15-9(10,11)8(13)14/h3-5H,2H2,1H3. The second kappa shape index (κ2) is 3.15. The van der Waals surface area contributed by atoms with E-state index in [1.165, 1.54) is 18.3 Å². The van der Waals surface area contributed by atoms with Crippen LogP contribution in [0.4, 0.5) is 14.6 Å². The summed E-state index contributed by atoms with van der Waals surface area (Å²) in [4.78, 5) is 16.0. The van der Waals surface area contributed by atoms with Gasteiger partial charge in [-0.2, -0.15) is 8.78 Å². The van der Waals surface area contributed by atoms with Gasteiger partial charge >= 0.3 is 12.0 Å². The lowest BCUT2D eigenvalue weighted by Gasteiger charge is -2.31. The molecule has 2 rings (SSSR count). The number of hydrogen-bond donors (Lipinski definition) is 0. The lowest BCUT2D eigenvalue weighted by molar-refractivity contribution is -0.192. The minimum absolute atomic E-state index is 0.0797. The molecule has 80 valence electrons. The van der Waals surface area contributed by atoms with Gasteiger partial charge in [-0.3, -0.25) is 9.69 Å². The van der Waals surface area contributed by atoms with Crippen LogP contribution >= 0.6 is 0 Å². The number of aromatic nitrogens is 1. The highest BCUT2D eigenvalue weighted by Gasteiger charge is 2.50. The summed E-state index contributed by atoms with van der Waals surface area (Å²) in [6.07, 6.45) is -2.38. The van der Waals surface area contributed by atoms with E-state index in [2.05, 4.69) is 9.72 Å². The van der Waals surface area contributed by atoms with E-state index >= 15 is 0 Å². The van der Waals surface area contributed by atoms with E-state index in [1.807, 2.05) is 0 Å². The molecule has 0 bridgehead atoms. The van der Waals surface area contributed by atoms with Crippen molar-refractivity contribution < 1.29 is 18.3 Å². The van der Waals surface area contributed by atoms with E-state index in [4.69, 9.17) is 0 Å². The zero-order valence-corrected chi connectivity index (χ0v) is 7.91. The molecule has 4 nitrogen and oxygen atoms in total. The summed E-state index contributed by atoms with van der Waals surface area (Å²) in [6, 6.07) is 2.82. The number of carbonyl (C=O) groups excluding carboxylic acids is 1. The summed E-state index contributed by atoms with van der Waals surface area (Å²) in [5.74, 6) is -1.32. The minimum Gasteiger partial charge on any atom is -0.421 e. The molecule has 6 heteroatoms. The number of halogens is 2. The number of likely N-dealkylation sites (N-methyl/N-ethyl adjacent to an activating group) is 1. The monoisotopic (exact) mass is 214 g/mol. The summed E-state index contributed by atoms with van der Waals surface area (Å²) >= 11 is 0. The molecular weight excluding hydrogens is 206 g/mol. The molecule has 15 heavy (non-hydrogen) atoms. The van der Waals surface area contributed by atoms with Crippen molar-refractivity contribution in [2.75, 3.05) is 11.4 Å². The van der Waals surface area contributed by atoms with Gasteiger partial charge in [0.25, 0.3) is 0 Å². The number of pyridine rings is 1. The van der Waals surface area contributed by atoms with Crippen molar-refractivity contribution in [3.05, 3.63) is 18.3 Å². The Balaban J connectivity index is 2.53. The Kier molecular flexibility index (Phi) is 2.06. The fourth-order valence-corrected chi connectivity index (χ4v) is 1.39. The van der Waals surface area contributed by atoms with Gasteiger partial charge in [0.05, 0.1) is 0 Å². The molecule has 0 radical (unpaired) electrons. The molecule has 1 aromatic rings. The van der Waals surface area contributed by atoms with Crippen LogP contribution in [0.25, 0.3) is 0 Å². The highest BCUT2D eigenvalue weighted by molar-refractivity contribution is 5.99. The van der Waals surface area contributed by atoms with E-state index in [9.17, 15) is 13.6 Å². The van der Waals surface area contributed by atoms with Crippen LogP contribution in [0.2, 0.25) is 0 Å². The van der Waals surface area contributed by atoms with Gasteiger partial charge in [-0.15, -0.1) is 0 Å². The first-order valence-electron chi connectivity index (χ1n) is 4.40. The third kappa shape index (κ3) is 1.42. The fourth-order valence-electron chi connectivity index (χ4n) is 1.39. The number of fused-ring (bicyclic) bond motifs is 1. The van der Waals surface area contributed by atoms with Crippen molar-refractivity contribution >= 4 is 11.7 Å². The van der Waals surface area contributed by atoms with Crippen molar-refractivity contribution in [2.45, 2.75) is 13.0 Å². The molecule has 0 N–H and O–H groups in total. The first-order valence-corrected chi connectivity index (χ1v) is 4.40. The molecule has 0 aliphatic carbocycles. The van der Waals surface area contributed by atoms with Crippen molar-refractivity contribution in [1.82, 2.24) is 4.98 Å². The average molecular weight is 214 g/mol. The van der Waals surface area contributed by atoms with Crippen LogP contribution in [-0.2, 0) is 4.79 Å². The number of anilines is 1. The van der Waals surface area contributed by atoms with Crippen LogP contribution in [-0.4, -0.2) is 23.5 Å². The zero-order chi connectivity index (χ0) is 11.1. The first-order chi connectivity index (χ1) is 7.06. The van der Waals surface area contributed by atoms with Crippen LogP contribution < -0.4 is 9.64 Å². The summed E-state index contributed by atoms with van der Waals surface area (Å²) in [5.41, 5.74) is 0. The summed E-state index contributed by atoms with van der Waals surface area (Å²) < 4.78 is 30.4. The molecule has 0 aromatic carbocycles. The van der Waals surface area contributed by atoms with Crippen molar-refractivity contribution in [2.24, 2.45) is 0 Å². The predicted molar refractivity (Wildman–Crippen MR) is 47.8 cm³/mol. The Bertz CT molecular complexity index is 409. The molecule has 0 unspecified atom stereocenters. The van der Waals surface area contributed by atoms with Crippen LogP contribution in [0.3, 0.4) is 0 Å². The largest absolute Gasteiger partial charge is 0.483 e. The number of rotatable bonds is 1. The van der Waals surface area contributed by atoms with Gasteiger partial charge in [-0.25, -0.2) is 4.98 Å². The quantitative estimate of drug-likeness (QED) is 0.710. The Morgan fingerprint density at radius 3 is 3.00 bits per heavy atom. The lowest BCUT2D eigenvalue weighted by Crippen LogP contribution is -2.51. The van der Waals surface area contributed by atoms with Crippen molar-refractivity contribution in [3.8, 4) is 5.75 Å². The molecule has 1 aromatic heterocycles. The second-order valence-corrected chi connectivity index (χ2v) is 2.99. The molecule has 0 spiro atoms. The Labute approximate surface area is 84.5 Å². The summed E-state index contributed by atoms with van der Waals surface area (Å²) in [5, 5.41) is 0. The Hall–Kier alpha value is -1.72. The van der Waals surface area contributed by atoms with E-state index in [-0.39, 0.29) is 18.1 Å². The molecule has 0 atom stereocenters. The predicted octanol–water partition coefficient (Wildman–Crippen LogP) is 1.42. The maximum absolute atomic E-state index is 13.1. The average Bonchev–Trinajstić information content (AvgIpc) is 2.19. The third-order valence-corrected chi connectivity index (χ3v) is 2.06. The highest BCUT2D eigenvalue weighted by Crippen LogP contribution is 2.36. The number of ether oxygens (including phenoxy) is 1. The maximum atomic E-state index is 13.1. The molecule has 1 aliphatic heterocycles. The molecule has 2 heterocycles. The van der Waals surface area contributed by atoms with E-state index in [0.717, 1.165) is 4.90 Å². The number of carbonyl (C=O) groups is 1. The summed E-state index contributed by atoms with van der Waals surface area (Å²) in [6.45, 7) is 1.72. The van der Waals surface area contributed by atoms with Gasteiger partial charge in [0, 0.05) is 12.7 Å². The van der Waals surface area contributed by atoms with Gasteiger partial charge in [0.1, 0.15) is 0 Å². The molecule has 0 saturated carbocycles. The van der Waals surface area contributed by atoms with E-state index in [1.54, 1.807) is 6.92 Å². The number of amides is 1. The second-order valence-electron chi connectivity index (χ2n) is 2.99. The van der Waals surface area contributed by atoms with Crippen LogP contribution in [0.5, 0.6) is 5.75 Å².